The van der Waals surface area contributed by atoms with Crippen LogP contribution in [0.3, 0.4) is 0 Å². The molecular formula is C11H10O4. The summed E-state index contributed by atoms with van der Waals surface area (Å²) in [5.41, 5.74) is 0.531. The Bertz CT molecular complexity index is 407. The van der Waals surface area contributed by atoms with Crippen molar-refractivity contribution in [2.45, 2.75) is 18.9 Å². The van der Waals surface area contributed by atoms with E-state index >= 15 is 0 Å². The molecule has 78 valence electrons. The highest BCUT2D eigenvalue weighted by atomic mass is 16.5. The maximum absolute atomic E-state index is 10.7. The Hall–Kier alpha value is -1.84. The van der Waals surface area contributed by atoms with E-state index in [4.69, 9.17) is 9.84 Å². The van der Waals surface area contributed by atoms with E-state index in [1.807, 2.05) is 0 Å². The quantitative estimate of drug-likeness (QED) is 0.762. The number of benzene rings is 1. The molecule has 1 aliphatic carbocycles. The highest BCUT2D eigenvalue weighted by molar-refractivity contribution is 5.90. The lowest BCUT2D eigenvalue weighted by atomic mass is 10.1. The number of aromatic carboxylic acids is 1. The first-order chi connectivity index (χ1) is 7.20. The molecule has 1 aromatic carbocycles. The molecule has 1 N–H and O–H groups in total. The van der Waals surface area contributed by atoms with Gasteiger partial charge in [0.2, 0.25) is 0 Å². The molecule has 0 amide bonds. The number of hydrogen-bond donors (Lipinski definition) is 1. The molecule has 0 aromatic heterocycles. The Kier molecular flexibility index (Phi) is 2.41. The Labute approximate surface area is 86.5 Å². The first kappa shape index (κ1) is 9.71. The van der Waals surface area contributed by atoms with Gasteiger partial charge >= 0.3 is 5.97 Å². The van der Waals surface area contributed by atoms with Gasteiger partial charge in [-0.25, -0.2) is 4.79 Å². The zero-order chi connectivity index (χ0) is 10.8. The van der Waals surface area contributed by atoms with Gasteiger partial charge in [0.25, 0.3) is 0 Å². The Balaban J connectivity index is 2.32. The molecule has 2 rings (SSSR count). The van der Waals surface area contributed by atoms with Crippen molar-refractivity contribution in [2.24, 2.45) is 0 Å². The van der Waals surface area contributed by atoms with Gasteiger partial charge in [-0.1, -0.05) is 0 Å². The first-order valence-electron chi connectivity index (χ1n) is 4.70. The van der Waals surface area contributed by atoms with Crippen molar-refractivity contribution in [3.05, 3.63) is 29.3 Å². The van der Waals surface area contributed by atoms with Crippen LogP contribution in [0.15, 0.2) is 18.2 Å². The second kappa shape index (κ2) is 3.73. The molecule has 0 spiro atoms. The lowest BCUT2D eigenvalue weighted by molar-refractivity contribution is 0.0696. The van der Waals surface area contributed by atoms with E-state index in [9.17, 15) is 9.59 Å². The number of carboxylic acid groups (broad SMARTS) is 1. The number of carbonyl (C=O) groups is 2. The summed E-state index contributed by atoms with van der Waals surface area (Å²) < 4.78 is 5.44. The van der Waals surface area contributed by atoms with Gasteiger partial charge in [-0.2, -0.15) is 0 Å². The molecule has 0 bridgehead atoms. The van der Waals surface area contributed by atoms with Gasteiger partial charge in [0, 0.05) is 0 Å². The number of aldehydes is 1. The zero-order valence-electron chi connectivity index (χ0n) is 7.97. The summed E-state index contributed by atoms with van der Waals surface area (Å²) in [7, 11) is 0. The van der Waals surface area contributed by atoms with Crippen molar-refractivity contribution < 1.29 is 19.4 Å². The molecule has 1 aliphatic rings. The Morgan fingerprint density at radius 3 is 2.73 bits per heavy atom. The summed E-state index contributed by atoms with van der Waals surface area (Å²) in [5.74, 6) is -0.652. The highest BCUT2D eigenvalue weighted by Crippen LogP contribution is 2.29. The summed E-state index contributed by atoms with van der Waals surface area (Å²) in [6.07, 6.45) is 2.75. The number of hydrogen-bond acceptors (Lipinski definition) is 3. The lowest BCUT2D eigenvalue weighted by Crippen LogP contribution is -2.03. The van der Waals surface area contributed by atoms with Gasteiger partial charge < -0.3 is 9.84 Å². The van der Waals surface area contributed by atoms with Crippen LogP contribution >= 0.6 is 0 Å². The minimum Gasteiger partial charge on any atom is -0.490 e. The average molecular weight is 206 g/mol. The molecule has 1 aromatic rings. The fraction of sp³-hybridized carbons (Fsp3) is 0.273. The van der Waals surface area contributed by atoms with E-state index < -0.39 is 5.97 Å². The molecule has 0 heterocycles. The second-order valence-electron chi connectivity index (χ2n) is 3.49. The normalized spacial score (nSPS) is 14.7. The van der Waals surface area contributed by atoms with Crippen molar-refractivity contribution in [3.8, 4) is 5.75 Å². The standard InChI is InChI=1S/C11H10O4/c12-6-8-2-1-7(11(13)14)5-10(8)15-9-3-4-9/h1-2,5-6,9H,3-4H2,(H,13,14). The third-order valence-corrected chi connectivity index (χ3v) is 2.21. The minimum atomic E-state index is -1.02. The van der Waals surface area contributed by atoms with Crippen molar-refractivity contribution in [1.29, 1.82) is 0 Å². The number of rotatable bonds is 4. The molecule has 0 aliphatic heterocycles. The number of carbonyl (C=O) groups excluding carboxylic acids is 1. The maximum Gasteiger partial charge on any atom is 0.335 e. The number of ether oxygens (including phenoxy) is 1. The topological polar surface area (TPSA) is 63.6 Å². The predicted octanol–water partition coefficient (Wildman–Crippen LogP) is 1.74. The van der Waals surface area contributed by atoms with Crippen LogP contribution in [0.1, 0.15) is 33.6 Å². The van der Waals surface area contributed by atoms with Gasteiger partial charge in [-0.15, -0.1) is 0 Å². The molecule has 0 saturated heterocycles. The zero-order valence-corrected chi connectivity index (χ0v) is 7.97. The monoisotopic (exact) mass is 206 g/mol. The lowest BCUT2D eigenvalue weighted by Gasteiger charge is -2.07. The third-order valence-electron chi connectivity index (χ3n) is 2.21. The van der Waals surface area contributed by atoms with E-state index in [1.54, 1.807) is 0 Å². The molecule has 15 heavy (non-hydrogen) atoms. The van der Waals surface area contributed by atoms with Crippen LogP contribution < -0.4 is 4.74 Å². The summed E-state index contributed by atoms with van der Waals surface area (Å²) in [5, 5.41) is 8.78. The van der Waals surface area contributed by atoms with Crippen LogP contribution in [0.2, 0.25) is 0 Å². The van der Waals surface area contributed by atoms with E-state index in [-0.39, 0.29) is 11.7 Å². The van der Waals surface area contributed by atoms with Crippen molar-refractivity contribution in [1.82, 2.24) is 0 Å². The largest absolute Gasteiger partial charge is 0.490 e. The molecule has 1 fully saturated rings. The van der Waals surface area contributed by atoms with Crippen molar-refractivity contribution >= 4 is 12.3 Å². The molecular weight excluding hydrogens is 196 g/mol. The SMILES string of the molecule is O=Cc1ccc(C(=O)O)cc1OC1CC1. The second-order valence-corrected chi connectivity index (χ2v) is 3.49. The predicted molar refractivity (Wildman–Crippen MR) is 52.4 cm³/mol. The fourth-order valence-corrected chi connectivity index (χ4v) is 1.23. The molecule has 0 radical (unpaired) electrons. The van der Waals surface area contributed by atoms with Gasteiger partial charge in [-0.3, -0.25) is 4.79 Å². The van der Waals surface area contributed by atoms with E-state index in [0.29, 0.717) is 17.6 Å². The van der Waals surface area contributed by atoms with Crippen LogP contribution in [-0.2, 0) is 0 Å². The molecule has 1 saturated carbocycles. The number of carboxylic acids is 1. The smallest absolute Gasteiger partial charge is 0.335 e. The van der Waals surface area contributed by atoms with Crippen LogP contribution in [-0.4, -0.2) is 23.5 Å². The summed E-state index contributed by atoms with van der Waals surface area (Å²) in [6, 6.07) is 4.25. The van der Waals surface area contributed by atoms with E-state index in [1.165, 1.54) is 18.2 Å². The van der Waals surface area contributed by atoms with Crippen LogP contribution in [0.4, 0.5) is 0 Å². The van der Waals surface area contributed by atoms with Gasteiger partial charge in [0.05, 0.1) is 17.2 Å². The van der Waals surface area contributed by atoms with Crippen molar-refractivity contribution in [2.75, 3.05) is 0 Å². The highest BCUT2D eigenvalue weighted by Gasteiger charge is 2.24. The Morgan fingerprint density at radius 1 is 1.47 bits per heavy atom. The molecule has 4 heteroatoms. The Morgan fingerprint density at radius 2 is 2.20 bits per heavy atom. The van der Waals surface area contributed by atoms with E-state index in [0.717, 1.165) is 12.8 Å². The van der Waals surface area contributed by atoms with Gasteiger partial charge in [-0.05, 0) is 31.0 Å². The first-order valence-corrected chi connectivity index (χ1v) is 4.70. The molecule has 4 nitrogen and oxygen atoms in total. The van der Waals surface area contributed by atoms with Gasteiger partial charge in [0.15, 0.2) is 6.29 Å². The maximum atomic E-state index is 10.7. The van der Waals surface area contributed by atoms with Crippen LogP contribution in [0, 0.1) is 0 Å². The van der Waals surface area contributed by atoms with E-state index in [2.05, 4.69) is 0 Å². The van der Waals surface area contributed by atoms with Crippen LogP contribution in [0.5, 0.6) is 5.75 Å². The third kappa shape index (κ3) is 2.15. The minimum absolute atomic E-state index is 0.135. The summed E-state index contributed by atoms with van der Waals surface area (Å²) in [6.45, 7) is 0. The average Bonchev–Trinajstić information content (AvgIpc) is 3.01. The molecule has 0 atom stereocenters. The molecule has 0 unspecified atom stereocenters. The fourth-order valence-electron chi connectivity index (χ4n) is 1.23. The van der Waals surface area contributed by atoms with Crippen LogP contribution in [0.25, 0.3) is 0 Å². The van der Waals surface area contributed by atoms with Crippen molar-refractivity contribution in [3.63, 3.8) is 0 Å². The van der Waals surface area contributed by atoms with Gasteiger partial charge in [0.1, 0.15) is 5.75 Å². The summed E-state index contributed by atoms with van der Waals surface area (Å²) >= 11 is 0. The summed E-state index contributed by atoms with van der Waals surface area (Å²) in [4.78, 5) is 21.4.